The highest BCUT2D eigenvalue weighted by atomic mass is 16.5. The second kappa shape index (κ2) is 9.09. The Morgan fingerprint density at radius 3 is 2.52 bits per heavy atom. The van der Waals surface area contributed by atoms with Gasteiger partial charge in [0.1, 0.15) is 24.8 Å². The van der Waals surface area contributed by atoms with Gasteiger partial charge in [0.05, 0.1) is 24.1 Å². The third-order valence-electron chi connectivity index (χ3n) is 4.76. The molecule has 3 aromatic rings. The summed E-state index contributed by atoms with van der Waals surface area (Å²) in [5, 5.41) is 2.84. The number of carbonyl (C=O) groups is 1. The van der Waals surface area contributed by atoms with Gasteiger partial charge in [0.25, 0.3) is 0 Å². The summed E-state index contributed by atoms with van der Waals surface area (Å²) >= 11 is 0. The molecule has 0 fully saturated rings. The topological polar surface area (TPSA) is 65.4 Å². The van der Waals surface area contributed by atoms with E-state index < -0.39 is 0 Å². The van der Waals surface area contributed by atoms with E-state index in [4.69, 9.17) is 9.47 Å². The monoisotopic (exact) mass is 395 g/mol. The second-order valence-corrected chi connectivity index (χ2v) is 8.00. The number of methoxy groups -OCH3 is 1. The molecule has 0 bridgehead atoms. The highest BCUT2D eigenvalue weighted by Gasteiger charge is 2.14. The number of amides is 1. The molecule has 0 radical (unpaired) electrons. The van der Waals surface area contributed by atoms with Gasteiger partial charge >= 0.3 is 0 Å². The Kier molecular flexibility index (Phi) is 6.54. The minimum atomic E-state index is -0.165. The number of para-hydroxylation sites is 2. The predicted molar refractivity (Wildman–Crippen MR) is 114 cm³/mol. The zero-order valence-corrected chi connectivity index (χ0v) is 17.6. The number of fused-ring (bicyclic) bond motifs is 1. The molecule has 3 rings (SSSR count). The van der Waals surface area contributed by atoms with Crippen LogP contribution in [0.15, 0.2) is 48.5 Å². The first-order valence-electron chi connectivity index (χ1n) is 9.81. The van der Waals surface area contributed by atoms with Gasteiger partial charge in [0.2, 0.25) is 5.91 Å². The van der Waals surface area contributed by atoms with Crippen molar-refractivity contribution in [2.75, 3.05) is 20.3 Å². The normalized spacial score (nSPS) is 11.6. The Bertz CT molecular complexity index is 956. The predicted octanol–water partition coefficient (Wildman–Crippen LogP) is 3.68. The van der Waals surface area contributed by atoms with E-state index >= 15 is 0 Å². The minimum absolute atomic E-state index is 0.0356. The van der Waals surface area contributed by atoms with Crippen LogP contribution in [0.3, 0.4) is 0 Å². The van der Waals surface area contributed by atoms with E-state index in [1.807, 2.05) is 36.4 Å². The van der Waals surface area contributed by atoms with Gasteiger partial charge in [-0.15, -0.1) is 0 Å². The molecule has 1 amide bonds. The van der Waals surface area contributed by atoms with E-state index in [0.29, 0.717) is 19.7 Å². The van der Waals surface area contributed by atoms with Crippen LogP contribution in [0.4, 0.5) is 0 Å². The third kappa shape index (κ3) is 5.35. The van der Waals surface area contributed by atoms with Gasteiger partial charge in [-0.05, 0) is 35.2 Å². The van der Waals surface area contributed by atoms with Crippen LogP contribution in [0.2, 0.25) is 0 Å². The summed E-state index contributed by atoms with van der Waals surface area (Å²) in [5.74, 6) is 1.47. The Balaban J connectivity index is 1.68. The average Bonchev–Trinajstić information content (AvgIpc) is 3.04. The molecule has 1 aromatic heterocycles. The minimum Gasteiger partial charge on any atom is -0.492 e. The van der Waals surface area contributed by atoms with E-state index in [1.54, 1.807) is 0 Å². The van der Waals surface area contributed by atoms with E-state index in [-0.39, 0.29) is 17.9 Å². The highest BCUT2D eigenvalue weighted by molar-refractivity contribution is 5.78. The molecule has 0 atom stereocenters. The molecule has 6 nitrogen and oxygen atoms in total. The second-order valence-electron chi connectivity index (χ2n) is 8.00. The van der Waals surface area contributed by atoms with Crippen LogP contribution in [0.25, 0.3) is 11.0 Å². The lowest BCUT2D eigenvalue weighted by atomic mass is 9.87. The third-order valence-corrected chi connectivity index (χ3v) is 4.76. The lowest BCUT2D eigenvalue weighted by Crippen LogP contribution is -2.28. The largest absolute Gasteiger partial charge is 0.492 e. The number of carbonyl (C=O) groups excluding carboxylic acids is 1. The SMILES string of the molecule is COCC(=O)NCc1nc2ccccc2n1CCOc1ccc(C(C)(C)C)cc1. The van der Waals surface area contributed by atoms with E-state index in [1.165, 1.54) is 12.7 Å². The highest BCUT2D eigenvalue weighted by Crippen LogP contribution is 2.24. The summed E-state index contributed by atoms with van der Waals surface area (Å²) in [7, 11) is 1.50. The van der Waals surface area contributed by atoms with Crippen LogP contribution >= 0.6 is 0 Å². The molecule has 154 valence electrons. The number of imidazole rings is 1. The van der Waals surface area contributed by atoms with Crippen molar-refractivity contribution in [3.63, 3.8) is 0 Å². The summed E-state index contributed by atoms with van der Waals surface area (Å²) in [6, 6.07) is 16.2. The molecule has 0 saturated carbocycles. The Morgan fingerprint density at radius 1 is 1.10 bits per heavy atom. The first-order valence-corrected chi connectivity index (χ1v) is 9.81. The van der Waals surface area contributed by atoms with E-state index in [9.17, 15) is 4.79 Å². The van der Waals surface area contributed by atoms with Crippen molar-refractivity contribution in [1.29, 1.82) is 0 Å². The van der Waals surface area contributed by atoms with Gasteiger partial charge in [-0.2, -0.15) is 0 Å². The zero-order chi connectivity index (χ0) is 20.9. The molecule has 1 heterocycles. The number of benzene rings is 2. The van der Waals surface area contributed by atoms with Crippen molar-refractivity contribution in [2.45, 2.75) is 39.3 Å². The molecule has 0 aliphatic heterocycles. The van der Waals surface area contributed by atoms with Gasteiger partial charge < -0.3 is 19.4 Å². The fourth-order valence-corrected chi connectivity index (χ4v) is 3.18. The number of hydrogen-bond acceptors (Lipinski definition) is 4. The molecule has 0 spiro atoms. The summed E-state index contributed by atoms with van der Waals surface area (Å²) in [6.45, 7) is 8.11. The molecule has 6 heteroatoms. The summed E-state index contributed by atoms with van der Waals surface area (Å²) in [4.78, 5) is 16.4. The first-order chi connectivity index (χ1) is 13.9. The van der Waals surface area contributed by atoms with Crippen LogP contribution in [0.5, 0.6) is 5.75 Å². The van der Waals surface area contributed by atoms with Crippen molar-refractivity contribution < 1.29 is 14.3 Å². The fraction of sp³-hybridized carbons (Fsp3) is 0.391. The average molecular weight is 396 g/mol. The number of ether oxygens (including phenoxy) is 2. The smallest absolute Gasteiger partial charge is 0.246 e. The summed E-state index contributed by atoms with van der Waals surface area (Å²) in [5.41, 5.74) is 3.32. The van der Waals surface area contributed by atoms with Gasteiger partial charge in [-0.1, -0.05) is 45.0 Å². The van der Waals surface area contributed by atoms with Gasteiger partial charge in [-0.3, -0.25) is 4.79 Å². The first kappa shape index (κ1) is 20.9. The maximum absolute atomic E-state index is 11.7. The maximum atomic E-state index is 11.7. The van der Waals surface area contributed by atoms with Crippen LogP contribution in [0.1, 0.15) is 32.2 Å². The van der Waals surface area contributed by atoms with Crippen molar-refractivity contribution >= 4 is 16.9 Å². The van der Waals surface area contributed by atoms with Crippen LogP contribution < -0.4 is 10.1 Å². The van der Waals surface area contributed by atoms with Crippen molar-refractivity contribution in [3.05, 3.63) is 59.9 Å². The number of hydrogen-bond donors (Lipinski definition) is 1. The van der Waals surface area contributed by atoms with Crippen LogP contribution in [-0.4, -0.2) is 35.8 Å². The molecular weight excluding hydrogens is 366 g/mol. The summed E-state index contributed by atoms with van der Waals surface area (Å²) in [6.07, 6.45) is 0. The molecule has 1 N–H and O–H groups in total. The Morgan fingerprint density at radius 2 is 1.83 bits per heavy atom. The quantitative estimate of drug-likeness (QED) is 0.632. The van der Waals surface area contributed by atoms with Crippen molar-refractivity contribution in [1.82, 2.24) is 14.9 Å². The standard InChI is InChI=1S/C23H29N3O3/c1-23(2,3)17-9-11-18(12-10-17)29-14-13-26-20-8-6-5-7-19(20)25-21(26)15-24-22(27)16-28-4/h5-12H,13-16H2,1-4H3,(H,24,27). The van der Waals surface area contributed by atoms with Crippen LogP contribution in [-0.2, 0) is 28.0 Å². The molecule has 0 aliphatic carbocycles. The molecular formula is C23H29N3O3. The van der Waals surface area contributed by atoms with E-state index in [2.05, 4.69) is 47.8 Å². The van der Waals surface area contributed by atoms with Gasteiger partial charge in [-0.25, -0.2) is 4.98 Å². The lowest BCUT2D eigenvalue weighted by molar-refractivity contribution is -0.124. The van der Waals surface area contributed by atoms with Gasteiger partial charge in [0.15, 0.2) is 0 Å². The van der Waals surface area contributed by atoms with Crippen molar-refractivity contribution in [2.24, 2.45) is 0 Å². The Labute approximate surface area is 171 Å². The number of rotatable bonds is 8. The van der Waals surface area contributed by atoms with Crippen molar-refractivity contribution in [3.8, 4) is 5.75 Å². The lowest BCUT2D eigenvalue weighted by Gasteiger charge is -2.19. The molecule has 0 aliphatic rings. The molecule has 0 saturated heterocycles. The number of aromatic nitrogens is 2. The molecule has 2 aromatic carbocycles. The maximum Gasteiger partial charge on any atom is 0.246 e. The Hall–Kier alpha value is -2.86. The fourth-order valence-electron chi connectivity index (χ4n) is 3.18. The van der Waals surface area contributed by atoms with Gasteiger partial charge in [0, 0.05) is 7.11 Å². The molecule has 29 heavy (non-hydrogen) atoms. The number of nitrogens with one attached hydrogen (secondary N) is 1. The van der Waals surface area contributed by atoms with Crippen LogP contribution in [0, 0.1) is 0 Å². The zero-order valence-electron chi connectivity index (χ0n) is 17.6. The number of nitrogens with zero attached hydrogens (tertiary/aromatic N) is 2. The van der Waals surface area contributed by atoms with E-state index in [0.717, 1.165) is 22.6 Å². The molecule has 0 unspecified atom stereocenters. The summed E-state index contributed by atoms with van der Waals surface area (Å²) < 4.78 is 12.9.